The highest BCUT2D eigenvalue weighted by atomic mass is 79.9. The first-order chi connectivity index (χ1) is 9.40. The molecule has 0 fully saturated rings. The Morgan fingerprint density at radius 2 is 1.85 bits per heavy atom. The van der Waals surface area contributed by atoms with Crippen LogP contribution in [0.5, 0.6) is 0 Å². The molecule has 20 heavy (non-hydrogen) atoms. The molecule has 0 saturated heterocycles. The van der Waals surface area contributed by atoms with Crippen molar-refractivity contribution in [3.05, 3.63) is 56.0 Å². The van der Waals surface area contributed by atoms with Gasteiger partial charge in [-0.25, -0.2) is 0 Å². The number of halogens is 2. The molecule has 0 unspecified atom stereocenters. The van der Waals surface area contributed by atoms with Gasteiger partial charge in [0, 0.05) is 20.2 Å². The van der Waals surface area contributed by atoms with Gasteiger partial charge in [-0.05, 0) is 65.2 Å². The van der Waals surface area contributed by atoms with E-state index in [0.29, 0.717) is 16.9 Å². The molecule has 0 heterocycles. The average Bonchev–Trinajstić information content (AvgIpc) is 2.39. The molecule has 0 bridgehead atoms. The third-order valence-electron chi connectivity index (χ3n) is 3.12. The SMILES string of the molecule is Cc1cc(Br)c(NC(=O)c2cccc(Br)c2C)cc1N. The summed E-state index contributed by atoms with van der Waals surface area (Å²) in [6, 6.07) is 9.18. The van der Waals surface area contributed by atoms with E-state index in [1.165, 1.54) is 0 Å². The smallest absolute Gasteiger partial charge is 0.256 e. The van der Waals surface area contributed by atoms with Crippen LogP contribution >= 0.6 is 31.9 Å². The van der Waals surface area contributed by atoms with E-state index in [0.717, 1.165) is 20.1 Å². The summed E-state index contributed by atoms with van der Waals surface area (Å²) >= 11 is 6.86. The molecule has 0 radical (unpaired) electrons. The summed E-state index contributed by atoms with van der Waals surface area (Å²) in [7, 11) is 0. The summed E-state index contributed by atoms with van der Waals surface area (Å²) in [5.41, 5.74) is 9.69. The molecule has 0 atom stereocenters. The predicted octanol–water partition coefficient (Wildman–Crippen LogP) is 4.66. The minimum atomic E-state index is -0.159. The Morgan fingerprint density at radius 3 is 2.55 bits per heavy atom. The lowest BCUT2D eigenvalue weighted by atomic mass is 10.1. The first-order valence-electron chi connectivity index (χ1n) is 6.02. The number of benzene rings is 2. The van der Waals surface area contributed by atoms with Crippen LogP contribution in [-0.2, 0) is 0 Å². The molecule has 2 aromatic rings. The van der Waals surface area contributed by atoms with E-state index in [1.54, 1.807) is 12.1 Å². The Kier molecular flexibility index (Phi) is 4.50. The second-order valence-corrected chi connectivity index (χ2v) is 6.26. The first-order valence-corrected chi connectivity index (χ1v) is 7.61. The number of hydrogen-bond donors (Lipinski definition) is 2. The third kappa shape index (κ3) is 3.04. The minimum Gasteiger partial charge on any atom is -0.398 e. The zero-order valence-electron chi connectivity index (χ0n) is 11.1. The van der Waals surface area contributed by atoms with Crippen LogP contribution < -0.4 is 11.1 Å². The summed E-state index contributed by atoms with van der Waals surface area (Å²) in [6.45, 7) is 3.82. The van der Waals surface area contributed by atoms with Crippen molar-refractivity contribution < 1.29 is 4.79 Å². The van der Waals surface area contributed by atoms with Gasteiger partial charge >= 0.3 is 0 Å². The Hall–Kier alpha value is -1.33. The van der Waals surface area contributed by atoms with Crippen LogP contribution in [0.15, 0.2) is 39.3 Å². The molecule has 2 rings (SSSR count). The quantitative estimate of drug-likeness (QED) is 0.723. The van der Waals surface area contributed by atoms with Gasteiger partial charge in [0.2, 0.25) is 0 Å². The van der Waals surface area contributed by atoms with Crippen LogP contribution in [0.2, 0.25) is 0 Å². The molecule has 0 aliphatic rings. The van der Waals surface area contributed by atoms with Gasteiger partial charge in [0.25, 0.3) is 5.91 Å². The standard InChI is InChI=1S/C15H14Br2N2O/c1-8-6-12(17)14(7-13(8)18)19-15(20)10-4-3-5-11(16)9(10)2/h3-7H,18H2,1-2H3,(H,19,20). The number of nitrogens with two attached hydrogens (primary N) is 1. The maximum absolute atomic E-state index is 12.3. The molecular formula is C15H14Br2N2O. The van der Waals surface area contributed by atoms with Crippen molar-refractivity contribution >= 4 is 49.1 Å². The van der Waals surface area contributed by atoms with Gasteiger partial charge in [-0.2, -0.15) is 0 Å². The van der Waals surface area contributed by atoms with Crippen LogP contribution in [0.3, 0.4) is 0 Å². The summed E-state index contributed by atoms with van der Waals surface area (Å²) in [5.74, 6) is -0.159. The highest BCUT2D eigenvalue weighted by Crippen LogP contribution is 2.29. The summed E-state index contributed by atoms with van der Waals surface area (Å²) in [6.07, 6.45) is 0. The van der Waals surface area contributed by atoms with Gasteiger partial charge in [0.05, 0.1) is 5.69 Å². The fourth-order valence-electron chi connectivity index (χ4n) is 1.83. The van der Waals surface area contributed by atoms with E-state index >= 15 is 0 Å². The molecule has 2 aromatic carbocycles. The highest BCUT2D eigenvalue weighted by Gasteiger charge is 2.13. The third-order valence-corrected chi connectivity index (χ3v) is 4.63. The van der Waals surface area contributed by atoms with Crippen molar-refractivity contribution in [2.24, 2.45) is 0 Å². The second-order valence-electron chi connectivity index (χ2n) is 4.56. The molecule has 0 spiro atoms. The molecule has 0 aliphatic carbocycles. The predicted molar refractivity (Wildman–Crippen MR) is 90.1 cm³/mol. The topological polar surface area (TPSA) is 55.1 Å². The van der Waals surface area contributed by atoms with Crippen LogP contribution in [0.25, 0.3) is 0 Å². The molecule has 5 heteroatoms. The molecule has 1 amide bonds. The molecule has 0 aliphatic heterocycles. The zero-order chi connectivity index (χ0) is 14.9. The molecule has 0 aromatic heterocycles. The van der Waals surface area contributed by atoms with Gasteiger partial charge in [-0.3, -0.25) is 4.79 Å². The normalized spacial score (nSPS) is 10.4. The number of amides is 1. The molecular weight excluding hydrogens is 384 g/mol. The monoisotopic (exact) mass is 396 g/mol. The summed E-state index contributed by atoms with van der Waals surface area (Å²) in [4.78, 5) is 12.3. The largest absolute Gasteiger partial charge is 0.398 e. The van der Waals surface area contributed by atoms with Gasteiger partial charge in [-0.15, -0.1) is 0 Å². The molecule has 3 N–H and O–H groups in total. The number of carbonyl (C=O) groups excluding carboxylic acids is 1. The maximum Gasteiger partial charge on any atom is 0.256 e. The van der Waals surface area contributed by atoms with Crippen molar-refractivity contribution in [2.75, 3.05) is 11.1 Å². The Morgan fingerprint density at radius 1 is 1.15 bits per heavy atom. The van der Waals surface area contributed by atoms with Crippen LogP contribution in [0, 0.1) is 13.8 Å². The number of rotatable bonds is 2. The number of nitrogen functional groups attached to an aromatic ring is 1. The fraction of sp³-hybridized carbons (Fsp3) is 0.133. The Balaban J connectivity index is 2.33. The van der Waals surface area contributed by atoms with Crippen molar-refractivity contribution in [3.63, 3.8) is 0 Å². The first kappa shape index (κ1) is 15.1. The van der Waals surface area contributed by atoms with Gasteiger partial charge in [0.15, 0.2) is 0 Å². The number of nitrogens with one attached hydrogen (secondary N) is 1. The number of hydrogen-bond acceptors (Lipinski definition) is 2. The van der Waals surface area contributed by atoms with Gasteiger partial charge in [-0.1, -0.05) is 22.0 Å². The van der Waals surface area contributed by atoms with E-state index in [4.69, 9.17) is 5.73 Å². The van der Waals surface area contributed by atoms with Crippen LogP contribution in [0.4, 0.5) is 11.4 Å². The summed E-state index contributed by atoms with van der Waals surface area (Å²) < 4.78 is 1.72. The lowest BCUT2D eigenvalue weighted by molar-refractivity contribution is 0.102. The Bertz CT molecular complexity index is 684. The van der Waals surface area contributed by atoms with E-state index < -0.39 is 0 Å². The van der Waals surface area contributed by atoms with Crippen LogP contribution in [-0.4, -0.2) is 5.91 Å². The fourth-order valence-corrected chi connectivity index (χ4v) is 2.75. The van der Waals surface area contributed by atoms with E-state index in [-0.39, 0.29) is 5.91 Å². The van der Waals surface area contributed by atoms with Crippen molar-refractivity contribution in [3.8, 4) is 0 Å². The Labute approximate surface area is 134 Å². The van der Waals surface area contributed by atoms with Crippen molar-refractivity contribution in [2.45, 2.75) is 13.8 Å². The number of carbonyl (C=O) groups is 1. The number of aryl methyl sites for hydroxylation is 1. The van der Waals surface area contributed by atoms with E-state index in [2.05, 4.69) is 37.2 Å². The minimum absolute atomic E-state index is 0.159. The molecule has 0 saturated carbocycles. The molecule has 104 valence electrons. The number of anilines is 2. The lowest BCUT2D eigenvalue weighted by Gasteiger charge is -2.12. The zero-order valence-corrected chi connectivity index (χ0v) is 14.3. The van der Waals surface area contributed by atoms with E-state index in [9.17, 15) is 4.79 Å². The average molecular weight is 398 g/mol. The van der Waals surface area contributed by atoms with Crippen molar-refractivity contribution in [1.82, 2.24) is 0 Å². The second kappa shape index (κ2) is 5.97. The highest BCUT2D eigenvalue weighted by molar-refractivity contribution is 9.10. The maximum atomic E-state index is 12.3. The van der Waals surface area contributed by atoms with Crippen molar-refractivity contribution in [1.29, 1.82) is 0 Å². The van der Waals surface area contributed by atoms with Crippen LogP contribution in [0.1, 0.15) is 21.5 Å². The van der Waals surface area contributed by atoms with Gasteiger partial charge < -0.3 is 11.1 Å². The summed E-state index contributed by atoms with van der Waals surface area (Å²) in [5, 5.41) is 2.88. The molecule has 3 nitrogen and oxygen atoms in total. The van der Waals surface area contributed by atoms with Gasteiger partial charge in [0.1, 0.15) is 0 Å². The lowest BCUT2D eigenvalue weighted by Crippen LogP contribution is -2.14. The van der Waals surface area contributed by atoms with E-state index in [1.807, 2.05) is 32.0 Å².